The predicted octanol–water partition coefficient (Wildman–Crippen LogP) is 6.02. The van der Waals surface area contributed by atoms with Crippen LogP contribution in [-0.2, 0) is 11.1 Å². The fourth-order valence-electron chi connectivity index (χ4n) is 21.4. The van der Waals surface area contributed by atoms with Crippen molar-refractivity contribution in [2.24, 2.45) is 10.8 Å². The molecule has 0 amide bonds. The van der Waals surface area contributed by atoms with Crippen molar-refractivity contribution in [2.75, 3.05) is 7.11 Å². The standard InChI is InChI=1S/C13H20OP.C5H5.CH4O.Fe/c1-12(2,3)9-7-8-10(11(9)15-14)13(4,5)6;1-2-4-5-3-1;1-2;/h7-8H,1-6H3;1-5H;2H,1H3;. The van der Waals surface area contributed by atoms with E-state index in [1.165, 1.54) is 33.7 Å². The summed E-state index contributed by atoms with van der Waals surface area (Å²) in [5.41, 5.74) is 0.875. The molecule has 4 heteroatoms. The molecule has 0 radical (unpaired) electrons. The van der Waals surface area contributed by atoms with Crippen molar-refractivity contribution >= 4 is 8.46 Å². The summed E-state index contributed by atoms with van der Waals surface area (Å²) in [6.07, 6.45) is 0. The second kappa shape index (κ2) is 1.10. The van der Waals surface area contributed by atoms with E-state index in [1.54, 1.807) is 0 Å². The number of hydrogen-bond donors (Lipinski definition) is 1. The summed E-state index contributed by atoms with van der Waals surface area (Å²) in [7, 11) is 1.65. The molecular formula is C19H29FeO2P. The van der Waals surface area contributed by atoms with Gasteiger partial charge >= 0.3 is 118 Å². The topological polar surface area (TPSA) is 37.3 Å². The maximum absolute atomic E-state index is 13.0. The molecule has 0 bridgehead atoms. The Morgan fingerprint density at radius 2 is 1.09 bits per heavy atom. The summed E-state index contributed by atoms with van der Waals surface area (Å²) in [5.74, 6) is 0. The molecule has 4 unspecified atom stereocenters. The molecule has 10 saturated heterocycles. The molecule has 10 heterocycles. The molecule has 10 fully saturated rings. The van der Waals surface area contributed by atoms with Crippen LogP contribution in [0.4, 0.5) is 0 Å². The molecule has 23 heavy (non-hydrogen) atoms. The number of fused-ring (bicyclic) bond motifs is 10. The Balaban J connectivity index is 0.000000466. The van der Waals surface area contributed by atoms with Crippen molar-refractivity contribution in [1.82, 2.24) is 0 Å². The molecule has 4 atom stereocenters. The molecule has 0 aromatic heterocycles. The molecule has 10 aliphatic heterocycles. The normalized spacial score (nSPS) is 98.7. The minimum Gasteiger partial charge on any atom is -0.400 e. The Kier molecular flexibility index (Phi) is 0.579. The van der Waals surface area contributed by atoms with E-state index in [9.17, 15) is 4.57 Å². The van der Waals surface area contributed by atoms with Gasteiger partial charge in [0.1, 0.15) is 0 Å². The molecule has 0 aliphatic carbocycles. The zero-order valence-corrected chi connectivity index (χ0v) is 17.2. The Bertz CT molecular complexity index is 1110. The van der Waals surface area contributed by atoms with Crippen LogP contribution in [0.3, 0.4) is 0 Å². The third-order valence-corrected chi connectivity index (χ3v) is 66.0. The van der Waals surface area contributed by atoms with Gasteiger partial charge in [-0.2, -0.15) is 0 Å². The van der Waals surface area contributed by atoms with E-state index in [-0.39, 0.29) is 0 Å². The molecule has 0 aromatic rings. The van der Waals surface area contributed by atoms with Crippen LogP contribution in [0, 0.1) is 10.8 Å². The monoisotopic (exact) mass is 376 g/mol. The van der Waals surface area contributed by atoms with Crippen molar-refractivity contribution in [3.05, 3.63) is 0 Å². The van der Waals surface area contributed by atoms with Gasteiger partial charge in [0, 0.05) is 7.11 Å². The van der Waals surface area contributed by atoms with Crippen molar-refractivity contribution in [3.63, 3.8) is 0 Å². The average Bonchev–Trinajstić information content (AvgIpc) is 3.39. The van der Waals surface area contributed by atoms with Gasteiger partial charge in [0.25, 0.3) is 0 Å². The fraction of sp³-hybridized carbons (Fsp3) is 1.00. The van der Waals surface area contributed by atoms with E-state index in [2.05, 4.69) is 41.5 Å². The van der Waals surface area contributed by atoms with Gasteiger partial charge in [0.05, 0.1) is 0 Å². The first kappa shape index (κ1) is 12.1. The molecule has 0 saturated carbocycles. The Hall–Kier alpha value is 0.579. The first-order valence-corrected chi connectivity index (χ1v) is 16.3. The largest absolute Gasteiger partial charge is 0.400 e. The summed E-state index contributed by atoms with van der Waals surface area (Å²) in [6.45, 7) is 11.7. The van der Waals surface area contributed by atoms with Crippen LogP contribution in [0.2, 0.25) is 42.3 Å². The number of rotatable bonds is 1. The SMILES string of the molecule is CC(C)(C)[C]12[CH]3[CH]4[C]5(C(C)(C)C)[C]1(P=O)[Fe]34251678[CH]2[CH]1[CH]6[CH]7[CH]28.CO. The molecule has 2 nitrogen and oxygen atoms in total. The minimum absolute atomic E-state index is 0.412. The van der Waals surface area contributed by atoms with Crippen molar-refractivity contribution in [2.45, 2.75) is 87.9 Å². The van der Waals surface area contributed by atoms with E-state index >= 15 is 0 Å². The van der Waals surface area contributed by atoms with Gasteiger partial charge in [0.2, 0.25) is 0 Å². The van der Waals surface area contributed by atoms with Crippen LogP contribution in [0.15, 0.2) is 0 Å². The number of aliphatic hydroxyl groups is 1. The first-order valence-electron chi connectivity index (χ1n) is 9.39. The van der Waals surface area contributed by atoms with E-state index in [0.717, 1.165) is 7.11 Å². The van der Waals surface area contributed by atoms with Crippen LogP contribution in [0.5, 0.6) is 0 Å². The first-order chi connectivity index (χ1) is 10.4. The average molecular weight is 376 g/mol. The van der Waals surface area contributed by atoms with Crippen LogP contribution >= 0.6 is 8.46 Å². The molecule has 10 aliphatic rings. The Morgan fingerprint density at radius 1 is 0.783 bits per heavy atom. The van der Waals surface area contributed by atoms with Gasteiger partial charge < -0.3 is 5.11 Å². The van der Waals surface area contributed by atoms with E-state index in [1.807, 2.05) is 0 Å². The third kappa shape index (κ3) is 0.139. The van der Waals surface area contributed by atoms with Gasteiger partial charge in [0.15, 0.2) is 0 Å². The number of aliphatic hydroxyl groups excluding tert-OH is 1. The summed E-state index contributed by atoms with van der Waals surface area (Å²) < 4.78 is 14.8. The summed E-state index contributed by atoms with van der Waals surface area (Å²) in [6, 6.07) is 0. The van der Waals surface area contributed by atoms with Crippen LogP contribution in [0.25, 0.3) is 0 Å². The van der Waals surface area contributed by atoms with Crippen molar-refractivity contribution in [1.29, 1.82) is 0 Å². The molecule has 0 aromatic carbocycles. The summed E-state index contributed by atoms with van der Waals surface area (Å²) >= 11 is 0. The second-order valence-corrected chi connectivity index (χ2v) is 38.5. The zero-order valence-electron chi connectivity index (χ0n) is 15.2. The summed E-state index contributed by atoms with van der Waals surface area (Å²) in [4.78, 5) is 8.52. The second-order valence-electron chi connectivity index (χ2n) is 14.4. The van der Waals surface area contributed by atoms with Gasteiger partial charge in [-0.05, 0) is 0 Å². The molecular weight excluding hydrogens is 347 g/mol. The smallest absolute Gasteiger partial charge is 0.0319 e. The molecule has 10 rings (SSSR count). The Labute approximate surface area is 130 Å². The molecule has 130 valence electrons. The van der Waals surface area contributed by atoms with Crippen molar-refractivity contribution in [3.8, 4) is 0 Å². The van der Waals surface area contributed by atoms with Gasteiger partial charge in [-0.1, -0.05) is 0 Å². The van der Waals surface area contributed by atoms with E-state index in [0.29, 0.717) is 32.0 Å². The van der Waals surface area contributed by atoms with Gasteiger partial charge in [-0.25, -0.2) is 0 Å². The summed E-state index contributed by atoms with van der Waals surface area (Å²) in [5, 5.41) is 7.00. The van der Waals surface area contributed by atoms with Crippen LogP contribution < -0.4 is 0 Å². The van der Waals surface area contributed by atoms with Crippen LogP contribution in [-0.4, -0.2) is 16.3 Å². The van der Waals surface area contributed by atoms with E-state index < -0.39 is 6.51 Å². The zero-order chi connectivity index (χ0) is 16.6. The maximum Gasteiger partial charge on any atom is 0.0319 e. The fourth-order valence-corrected chi connectivity index (χ4v) is 114. The maximum atomic E-state index is 13.0. The Morgan fingerprint density at radius 3 is 1.22 bits per heavy atom. The third-order valence-electron chi connectivity index (χ3n) is 17.2. The molecule has 1 N–H and O–H groups in total. The quantitative estimate of drug-likeness (QED) is 0.449. The van der Waals surface area contributed by atoms with E-state index in [4.69, 9.17) is 5.11 Å². The molecule has 1 spiro atoms. The van der Waals surface area contributed by atoms with Gasteiger partial charge in [-0.15, -0.1) is 0 Å². The predicted molar refractivity (Wildman–Crippen MR) is 89.0 cm³/mol. The van der Waals surface area contributed by atoms with Crippen molar-refractivity contribution < 1.29 is 16.2 Å². The minimum atomic E-state index is -3.63. The van der Waals surface area contributed by atoms with Gasteiger partial charge in [-0.3, -0.25) is 0 Å². The number of hydrogen-bond acceptors (Lipinski definition) is 2. The van der Waals surface area contributed by atoms with Crippen LogP contribution in [0.1, 0.15) is 41.5 Å².